The van der Waals surface area contributed by atoms with Gasteiger partial charge in [0.15, 0.2) is 5.96 Å². The van der Waals surface area contributed by atoms with Gasteiger partial charge in [-0.05, 0) is 31.5 Å². The number of hydrogen-bond donors (Lipinski definition) is 2. The Hall–Kier alpha value is -2.41. The third-order valence-corrected chi connectivity index (χ3v) is 4.51. The number of nitrogens with zero attached hydrogens (tertiary/aromatic N) is 2. The number of nitro groups is 1. The summed E-state index contributed by atoms with van der Waals surface area (Å²) >= 11 is 1.80. The first-order valence-corrected chi connectivity index (χ1v) is 8.55. The van der Waals surface area contributed by atoms with Crippen molar-refractivity contribution >= 4 is 23.0 Å². The summed E-state index contributed by atoms with van der Waals surface area (Å²) in [5, 5.41) is 17.4. The van der Waals surface area contributed by atoms with E-state index in [2.05, 4.69) is 41.6 Å². The van der Waals surface area contributed by atoms with E-state index in [4.69, 9.17) is 0 Å². The van der Waals surface area contributed by atoms with Crippen molar-refractivity contribution in [1.82, 2.24) is 10.6 Å². The van der Waals surface area contributed by atoms with E-state index in [0.29, 0.717) is 12.5 Å². The topological polar surface area (TPSA) is 79.6 Å². The minimum atomic E-state index is -0.387. The first kappa shape index (κ1) is 17.9. The van der Waals surface area contributed by atoms with Crippen molar-refractivity contribution in [3.8, 4) is 0 Å². The van der Waals surface area contributed by atoms with Crippen molar-refractivity contribution in [2.75, 3.05) is 7.05 Å². The molecule has 0 bridgehead atoms. The average molecular weight is 346 g/mol. The molecule has 0 aliphatic rings. The molecule has 0 saturated carbocycles. The molecule has 0 fully saturated rings. The Bertz CT molecular complexity index is 727. The third kappa shape index (κ3) is 5.34. The maximum atomic E-state index is 10.8. The van der Waals surface area contributed by atoms with E-state index in [9.17, 15) is 10.1 Å². The summed E-state index contributed by atoms with van der Waals surface area (Å²) in [4.78, 5) is 17.3. The number of aliphatic imine (C=N–C) groups is 1. The molecular formula is C17H22N4O2S. The molecule has 0 saturated heterocycles. The van der Waals surface area contributed by atoms with Crippen LogP contribution in [-0.4, -0.2) is 24.0 Å². The predicted octanol–water partition coefficient (Wildman–Crippen LogP) is 3.26. The van der Waals surface area contributed by atoms with Crippen LogP contribution in [0.25, 0.3) is 0 Å². The molecule has 1 heterocycles. The first-order chi connectivity index (χ1) is 11.5. The van der Waals surface area contributed by atoms with Crippen molar-refractivity contribution in [3.05, 3.63) is 61.8 Å². The standard InChI is InChI=1S/C17H22N4O2S/c1-12(9-16-8-7-13(2)24-16)20-17(18-3)19-11-14-5-4-6-15(10-14)21(22)23/h4-8,10,12H,9,11H2,1-3H3,(H2,18,19,20). The van der Waals surface area contributed by atoms with E-state index in [0.717, 1.165) is 12.0 Å². The van der Waals surface area contributed by atoms with Crippen LogP contribution >= 0.6 is 11.3 Å². The second-order valence-corrected chi connectivity index (χ2v) is 6.99. The summed E-state index contributed by atoms with van der Waals surface area (Å²) in [6.45, 7) is 4.69. The zero-order valence-corrected chi connectivity index (χ0v) is 14.9. The molecule has 0 aliphatic heterocycles. The molecule has 128 valence electrons. The molecule has 1 atom stereocenters. The van der Waals surface area contributed by atoms with Crippen LogP contribution in [0.15, 0.2) is 41.4 Å². The molecule has 0 spiro atoms. The van der Waals surface area contributed by atoms with Crippen LogP contribution in [-0.2, 0) is 13.0 Å². The van der Waals surface area contributed by atoms with Gasteiger partial charge in [-0.1, -0.05) is 12.1 Å². The summed E-state index contributed by atoms with van der Waals surface area (Å²) in [6.07, 6.45) is 0.927. The summed E-state index contributed by atoms with van der Waals surface area (Å²) < 4.78 is 0. The Kier molecular flexibility index (Phi) is 6.31. The van der Waals surface area contributed by atoms with Crippen molar-refractivity contribution in [2.24, 2.45) is 4.99 Å². The highest BCUT2D eigenvalue weighted by atomic mass is 32.1. The summed E-state index contributed by atoms with van der Waals surface area (Å²) in [7, 11) is 1.71. The van der Waals surface area contributed by atoms with Crippen molar-refractivity contribution in [3.63, 3.8) is 0 Å². The minimum Gasteiger partial charge on any atom is -0.354 e. The maximum absolute atomic E-state index is 10.8. The number of rotatable bonds is 6. The molecule has 1 aromatic carbocycles. The molecule has 0 aliphatic carbocycles. The lowest BCUT2D eigenvalue weighted by Crippen LogP contribution is -2.42. The van der Waals surface area contributed by atoms with E-state index < -0.39 is 0 Å². The smallest absolute Gasteiger partial charge is 0.269 e. The van der Waals surface area contributed by atoms with Gasteiger partial charge in [-0.2, -0.15) is 0 Å². The fourth-order valence-electron chi connectivity index (χ4n) is 2.34. The summed E-state index contributed by atoms with van der Waals surface area (Å²) in [6, 6.07) is 11.1. The number of hydrogen-bond acceptors (Lipinski definition) is 4. The maximum Gasteiger partial charge on any atom is 0.269 e. The Morgan fingerprint density at radius 3 is 2.79 bits per heavy atom. The fraction of sp³-hybridized carbons (Fsp3) is 0.353. The second kappa shape index (κ2) is 8.44. The normalized spacial score (nSPS) is 12.7. The average Bonchev–Trinajstić information content (AvgIpc) is 2.96. The van der Waals surface area contributed by atoms with E-state index >= 15 is 0 Å². The van der Waals surface area contributed by atoms with E-state index in [1.54, 1.807) is 30.5 Å². The quantitative estimate of drug-likeness (QED) is 0.364. The minimum absolute atomic E-state index is 0.0960. The van der Waals surface area contributed by atoms with Gasteiger partial charge in [0.2, 0.25) is 0 Å². The molecule has 2 aromatic rings. The van der Waals surface area contributed by atoms with Gasteiger partial charge < -0.3 is 10.6 Å². The van der Waals surface area contributed by atoms with Crippen LogP contribution in [0.4, 0.5) is 5.69 Å². The Morgan fingerprint density at radius 1 is 1.38 bits per heavy atom. The molecule has 0 amide bonds. The van der Waals surface area contributed by atoms with Crippen LogP contribution < -0.4 is 10.6 Å². The highest BCUT2D eigenvalue weighted by molar-refractivity contribution is 7.11. The third-order valence-electron chi connectivity index (χ3n) is 3.49. The second-order valence-electron chi connectivity index (χ2n) is 5.61. The van der Waals surface area contributed by atoms with Gasteiger partial charge in [-0.15, -0.1) is 11.3 Å². The van der Waals surface area contributed by atoms with Crippen molar-refractivity contribution in [1.29, 1.82) is 0 Å². The lowest BCUT2D eigenvalue weighted by Gasteiger charge is -2.17. The van der Waals surface area contributed by atoms with Crippen LogP contribution in [0, 0.1) is 17.0 Å². The number of aryl methyl sites for hydroxylation is 1. The van der Waals surface area contributed by atoms with Gasteiger partial charge in [0.25, 0.3) is 5.69 Å². The molecule has 6 nitrogen and oxygen atoms in total. The van der Waals surface area contributed by atoms with Crippen LogP contribution in [0.5, 0.6) is 0 Å². The van der Waals surface area contributed by atoms with Gasteiger partial charge in [0.1, 0.15) is 0 Å². The zero-order chi connectivity index (χ0) is 17.5. The van der Waals surface area contributed by atoms with E-state index in [-0.39, 0.29) is 16.7 Å². The molecule has 2 rings (SSSR count). The summed E-state index contributed by atoms with van der Waals surface area (Å²) in [5.41, 5.74) is 0.937. The van der Waals surface area contributed by atoms with Gasteiger partial charge in [-0.3, -0.25) is 15.1 Å². The van der Waals surface area contributed by atoms with Crippen LogP contribution in [0.2, 0.25) is 0 Å². The lowest BCUT2D eigenvalue weighted by molar-refractivity contribution is -0.384. The fourth-order valence-corrected chi connectivity index (χ4v) is 3.36. The van der Waals surface area contributed by atoms with Crippen LogP contribution in [0.1, 0.15) is 22.2 Å². The molecule has 1 aromatic heterocycles. The number of thiophene rings is 1. The number of benzene rings is 1. The SMILES string of the molecule is CN=C(NCc1cccc([N+](=O)[O-])c1)NC(C)Cc1ccc(C)s1. The van der Waals surface area contributed by atoms with Crippen molar-refractivity contribution in [2.45, 2.75) is 32.9 Å². The molecule has 24 heavy (non-hydrogen) atoms. The largest absolute Gasteiger partial charge is 0.354 e. The first-order valence-electron chi connectivity index (χ1n) is 7.73. The summed E-state index contributed by atoms with van der Waals surface area (Å²) in [5.74, 6) is 0.683. The molecule has 0 radical (unpaired) electrons. The molecule has 7 heteroatoms. The predicted molar refractivity (Wildman–Crippen MR) is 98.7 cm³/mol. The molecule has 2 N–H and O–H groups in total. The number of non-ortho nitro benzene ring substituents is 1. The van der Waals surface area contributed by atoms with Gasteiger partial charge in [-0.25, -0.2) is 0 Å². The van der Waals surface area contributed by atoms with E-state index in [1.165, 1.54) is 15.8 Å². The monoisotopic (exact) mass is 346 g/mol. The number of nitro benzene ring substituents is 1. The molecular weight excluding hydrogens is 324 g/mol. The highest BCUT2D eigenvalue weighted by Crippen LogP contribution is 2.16. The van der Waals surface area contributed by atoms with Gasteiger partial charge in [0, 0.05) is 47.9 Å². The Labute approximate surface area is 145 Å². The van der Waals surface area contributed by atoms with Gasteiger partial charge in [0.05, 0.1) is 4.92 Å². The van der Waals surface area contributed by atoms with Crippen molar-refractivity contribution < 1.29 is 4.92 Å². The van der Waals surface area contributed by atoms with E-state index in [1.807, 2.05) is 6.07 Å². The highest BCUT2D eigenvalue weighted by Gasteiger charge is 2.09. The Morgan fingerprint density at radius 2 is 2.17 bits per heavy atom. The lowest BCUT2D eigenvalue weighted by atomic mass is 10.2. The molecule has 1 unspecified atom stereocenters. The number of guanidine groups is 1. The zero-order valence-electron chi connectivity index (χ0n) is 14.1. The Balaban J connectivity index is 1.88. The number of nitrogens with one attached hydrogen (secondary N) is 2. The van der Waals surface area contributed by atoms with Crippen LogP contribution in [0.3, 0.4) is 0 Å². The van der Waals surface area contributed by atoms with Gasteiger partial charge >= 0.3 is 0 Å².